The molecule has 1 unspecified atom stereocenters. The van der Waals surface area contributed by atoms with Crippen LogP contribution in [0.2, 0.25) is 5.02 Å². The normalized spacial score (nSPS) is 19.5. The molecule has 292 valence electrons. The lowest BCUT2D eigenvalue weighted by Gasteiger charge is -2.37. The number of carbonyl (C=O) groups excluding carboxylic acids is 3. The molecule has 57 heavy (non-hydrogen) atoms. The highest BCUT2D eigenvalue weighted by Gasteiger charge is 2.39. The van der Waals surface area contributed by atoms with Gasteiger partial charge in [-0.15, -0.1) is 0 Å². The van der Waals surface area contributed by atoms with Gasteiger partial charge in [0.25, 0.3) is 11.5 Å². The molecule has 14 heteroatoms. The van der Waals surface area contributed by atoms with Gasteiger partial charge in [-0.05, 0) is 92.6 Å². The molecule has 0 bridgehead atoms. The predicted molar refractivity (Wildman–Crippen MR) is 213 cm³/mol. The predicted octanol–water partition coefficient (Wildman–Crippen LogP) is 6.22. The summed E-state index contributed by atoms with van der Waals surface area (Å²) < 4.78 is 32.4. The average molecular weight is 792 g/mol. The Labute approximate surface area is 332 Å². The number of aromatic nitrogens is 3. The lowest BCUT2D eigenvalue weighted by molar-refractivity contribution is -0.134. The Morgan fingerprint density at radius 1 is 0.877 bits per heavy atom. The number of anilines is 2. The molecule has 9 rings (SSSR count). The van der Waals surface area contributed by atoms with E-state index in [1.165, 1.54) is 17.7 Å². The minimum Gasteiger partial charge on any atom is -0.368 e. The van der Waals surface area contributed by atoms with Crippen LogP contribution in [0.15, 0.2) is 71.7 Å². The van der Waals surface area contributed by atoms with Crippen LogP contribution < -0.4 is 20.7 Å². The van der Waals surface area contributed by atoms with Gasteiger partial charge >= 0.3 is 0 Å². The largest absolute Gasteiger partial charge is 0.368 e. The van der Waals surface area contributed by atoms with E-state index in [2.05, 4.69) is 56.8 Å². The topological polar surface area (TPSA) is 121 Å². The summed E-state index contributed by atoms with van der Waals surface area (Å²) in [5.41, 5.74) is 3.83. The van der Waals surface area contributed by atoms with Crippen molar-refractivity contribution in [2.24, 2.45) is 0 Å². The van der Waals surface area contributed by atoms with Gasteiger partial charge < -0.3 is 14.7 Å². The fourth-order valence-electron chi connectivity index (χ4n) is 9.07. The minimum absolute atomic E-state index is 0.0346. The Morgan fingerprint density at radius 3 is 2.28 bits per heavy atom. The summed E-state index contributed by atoms with van der Waals surface area (Å²) >= 11 is 6.47. The molecular weight excluding hydrogens is 752 g/mol. The van der Waals surface area contributed by atoms with Crippen molar-refractivity contribution in [2.45, 2.75) is 56.8 Å². The molecule has 4 aliphatic heterocycles. The standard InChI is InChI=1S/C43H40ClF2N7O4/c1-43(2)29-9-6-25(20-34(29)53-33-5-3-4-30(44)38(33)40(56)49-42(43)53)24-12-14-52(15-13-24)41(57)26-7-10-35(47-23-26)51-18-16-50(17-19-51)27-21-31(45)37(32(46)22-27)28-8-11-36(54)48-39(28)55/h3-7,9-10,20-24,28H,8,11-19H2,1-2H3,(H,48,54,55). The molecule has 2 aromatic heterocycles. The molecule has 0 saturated carbocycles. The number of pyridine rings is 1. The van der Waals surface area contributed by atoms with Crippen molar-refractivity contribution in [3.8, 4) is 5.69 Å². The molecule has 3 aromatic carbocycles. The number of nitrogens with zero attached hydrogens (tertiary/aromatic N) is 6. The molecule has 11 nitrogen and oxygen atoms in total. The minimum atomic E-state index is -1.04. The van der Waals surface area contributed by atoms with Gasteiger partial charge in [-0.2, -0.15) is 4.98 Å². The number of carbonyl (C=O) groups is 3. The zero-order valence-corrected chi connectivity index (χ0v) is 32.3. The van der Waals surface area contributed by atoms with E-state index in [0.717, 1.165) is 29.6 Å². The second-order valence-electron chi connectivity index (χ2n) is 15.9. The van der Waals surface area contributed by atoms with Crippen LogP contribution in [0, 0.1) is 11.6 Å². The van der Waals surface area contributed by atoms with Crippen LogP contribution in [-0.4, -0.2) is 76.4 Å². The first-order valence-corrected chi connectivity index (χ1v) is 19.7. The van der Waals surface area contributed by atoms with E-state index in [9.17, 15) is 19.2 Å². The van der Waals surface area contributed by atoms with Crippen molar-refractivity contribution in [1.82, 2.24) is 24.8 Å². The van der Waals surface area contributed by atoms with Gasteiger partial charge in [0, 0.05) is 63.1 Å². The first-order valence-electron chi connectivity index (χ1n) is 19.3. The molecule has 3 fully saturated rings. The van der Waals surface area contributed by atoms with Gasteiger partial charge in [-0.3, -0.25) is 29.1 Å². The van der Waals surface area contributed by atoms with Crippen LogP contribution in [-0.2, 0) is 15.0 Å². The van der Waals surface area contributed by atoms with Crippen LogP contribution in [0.1, 0.15) is 84.2 Å². The van der Waals surface area contributed by atoms with Crippen molar-refractivity contribution in [3.63, 3.8) is 0 Å². The second kappa shape index (κ2) is 14.0. The summed E-state index contributed by atoms with van der Waals surface area (Å²) in [6.07, 6.45) is 3.32. The van der Waals surface area contributed by atoms with E-state index >= 15 is 8.78 Å². The van der Waals surface area contributed by atoms with Crippen molar-refractivity contribution in [2.75, 3.05) is 49.1 Å². The van der Waals surface area contributed by atoms with E-state index in [0.29, 0.717) is 72.6 Å². The SMILES string of the molecule is CC1(C)c2ccc(C3CCN(C(=O)c4ccc(N5CCN(c6cc(F)c(C7CCC(=O)NC7=O)c(F)c6)CC5)nc4)CC3)cc2-n2c1nc(=O)c1c(Cl)cccc12. The Morgan fingerprint density at radius 2 is 1.60 bits per heavy atom. The highest BCUT2D eigenvalue weighted by atomic mass is 35.5. The second-order valence-corrected chi connectivity index (χ2v) is 16.3. The van der Waals surface area contributed by atoms with Gasteiger partial charge in [0.15, 0.2) is 0 Å². The first kappa shape index (κ1) is 36.9. The zero-order valence-electron chi connectivity index (χ0n) is 31.5. The van der Waals surface area contributed by atoms with Gasteiger partial charge in [-0.25, -0.2) is 13.8 Å². The summed E-state index contributed by atoms with van der Waals surface area (Å²) in [7, 11) is 0. The van der Waals surface area contributed by atoms with Gasteiger partial charge in [0.2, 0.25) is 11.8 Å². The van der Waals surface area contributed by atoms with E-state index in [1.54, 1.807) is 18.3 Å². The number of piperidine rings is 2. The van der Waals surface area contributed by atoms with Crippen LogP contribution in [0.25, 0.3) is 16.6 Å². The molecule has 3 amide bonds. The van der Waals surface area contributed by atoms with Gasteiger partial charge in [-0.1, -0.05) is 29.8 Å². The van der Waals surface area contributed by atoms with E-state index < -0.39 is 34.8 Å². The molecule has 1 atom stereocenters. The highest BCUT2D eigenvalue weighted by molar-refractivity contribution is 6.35. The third-order valence-corrected chi connectivity index (χ3v) is 12.5. The summed E-state index contributed by atoms with van der Waals surface area (Å²) in [4.78, 5) is 65.4. The maximum Gasteiger partial charge on any atom is 0.282 e. The number of hydrogen-bond donors (Lipinski definition) is 1. The Kier molecular flexibility index (Phi) is 9.10. The Bertz CT molecular complexity index is 2520. The number of rotatable bonds is 5. The van der Waals surface area contributed by atoms with Crippen LogP contribution >= 0.6 is 11.6 Å². The van der Waals surface area contributed by atoms with Crippen molar-refractivity contribution in [3.05, 3.63) is 122 Å². The number of likely N-dealkylation sites (tertiary alicyclic amines) is 1. The summed E-state index contributed by atoms with van der Waals surface area (Å²) in [5, 5.41) is 2.96. The van der Waals surface area contributed by atoms with E-state index in [4.69, 9.17) is 11.6 Å². The third-order valence-electron chi connectivity index (χ3n) is 12.2. The van der Waals surface area contributed by atoms with Crippen molar-refractivity contribution < 1.29 is 23.2 Å². The molecule has 0 spiro atoms. The lowest BCUT2D eigenvalue weighted by Crippen LogP contribution is -2.47. The molecule has 0 aliphatic carbocycles. The number of halogens is 3. The smallest absolute Gasteiger partial charge is 0.282 e. The van der Waals surface area contributed by atoms with Crippen LogP contribution in [0.5, 0.6) is 0 Å². The summed E-state index contributed by atoms with van der Waals surface area (Å²) in [5.74, 6) is -2.17. The molecule has 5 aromatic rings. The number of amides is 3. The van der Waals surface area contributed by atoms with Crippen molar-refractivity contribution >= 4 is 51.7 Å². The number of benzene rings is 3. The van der Waals surface area contributed by atoms with E-state index in [-0.39, 0.29) is 35.8 Å². The molecule has 3 saturated heterocycles. The number of hydrogen-bond acceptors (Lipinski definition) is 8. The lowest BCUT2D eigenvalue weighted by atomic mass is 9.83. The number of imide groups is 1. The number of piperazine rings is 1. The van der Waals surface area contributed by atoms with Gasteiger partial charge in [0.05, 0.1) is 38.5 Å². The quantitative estimate of drug-likeness (QED) is 0.209. The van der Waals surface area contributed by atoms with Crippen LogP contribution in [0.3, 0.4) is 0 Å². The first-order chi connectivity index (χ1) is 27.4. The fraction of sp³-hybridized carbons (Fsp3) is 0.349. The molecule has 4 aliphatic rings. The maximum atomic E-state index is 15.2. The average Bonchev–Trinajstić information content (AvgIpc) is 3.43. The third kappa shape index (κ3) is 6.32. The molecule has 1 N–H and O–H groups in total. The van der Waals surface area contributed by atoms with Crippen molar-refractivity contribution in [1.29, 1.82) is 0 Å². The van der Waals surface area contributed by atoms with Gasteiger partial charge in [0.1, 0.15) is 23.3 Å². The highest BCUT2D eigenvalue weighted by Crippen LogP contribution is 2.45. The van der Waals surface area contributed by atoms with Crippen LogP contribution in [0.4, 0.5) is 20.3 Å². The fourth-order valence-corrected chi connectivity index (χ4v) is 9.32. The maximum absolute atomic E-state index is 15.2. The molecule has 0 radical (unpaired) electrons. The Balaban J connectivity index is 0.828. The number of fused-ring (bicyclic) bond motifs is 5. The monoisotopic (exact) mass is 791 g/mol. The molecular formula is C43H40ClF2N7O4. The number of nitrogens with one attached hydrogen (secondary N) is 1. The molecule has 6 heterocycles. The summed E-state index contributed by atoms with van der Waals surface area (Å²) in [6.45, 7) is 7.46. The summed E-state index contributed by atoms with van der Waals surface area (Å²) in [6, 6.07) is 18.2. The zero-order chi connectivity index (χ0) is 39.7. The Hall–Kier alpha value is -5.69. The van der Waals surface area contributed by atoms with E-state index in [1.807, 2.05) is 28.0 Å².